The van der Waals surface area contributed by atoms with Crippen molar-refractivity contribution in [3.8, 4) is 0 Å². The zero-order valence-corrected chi connectivity index (χ0v) is 8.10. The molecule has 6 nitrogen and oxygen atoms in total. The lowest BCUT2D eigenvalue weighted by Gasteiger charge is -2.19. The predicted molar refractivity (Wildman–Crippen MR) is 46.1 cm³/mol. The minimum Gasteiger partial charge on any atom is -0.479 e. The molecule has 0 amide bonds. The van der Waals surface area contributed by atoms with E-state index in [1.54, 1.807) is 13.8 Å². The summed E-state index contributed by atoms with van der Waals surface area (Å²) in [6, 6.07) is 0. The normalized spacial score (nSPS) is 14.7. The third-order valence-corrected chi connectivity index (χ3v) is 1.45. The van der Waals surface area contributed by atoms with Crippen molar-refractivity contribution in [2.24, 2.45) is 0 Å². The van der Waals surface area contributed by atoms with Crippen molar-refractivity contribution >= 4 is 11.9 Å². The lowest BCUT2D eigenvalue weighted by atomic mass is 10.2. The Labute approximate surface area is 81.4 Å². The first-order valence-corrected chi connectivity index (χ1v) is 4.23. The molecule has 0 saturated carbocycles. The molecule has 0 aromatic rings. The number of rotatable bonds is 7. The van der Waals surface area contributed by atoms with Crippen LogP contribution in [0.5, 0.6) is 0 Å². The van der Waals surface area contributed by atoms with Crippen molar-refractivity contribution in [1.29, 1.82) is 0 Å². The molecule has 14 heavy (non-hydrogen) atoms. The molecule has 0 aromatic carbocycles. The highest BCUT2D eigenvalue weighted by Gasteiger charge is 2.35. The Kier molecular flexibility index (Phi) is 5.82. The number of aliphatic carboxylic acids is 2. The fraction of sp³-hybridized carbons (Fsp3) is 0.750. The summed E-state index contributed by atoms with van der Waals surface area (Å²) in [7, 11) is 0. The van der Waals surface area contributed by atoms with Crippen molar-refractivity contribution in [2.45, 2.75) is 26.1 Å². The van der Waals surface area contributed by atoms with Crippen LogP contribution in [0.25, 0.3) is 0 Å². The van der Waals surface area contributed by atoms with E-state index < -0.39 is 24.1 Å². The van der Waals surface area contributed by atoms with Crippen LogP contribution >= 0.6 is 0 Å². The lowest BCUT2D eigenvalue weighted by molar-refractivity contribution is -0.175. The number of carboxylic acids is 2. The van der Waals surface area contributed by atoms with E-state index in [9.17, 15) is 9.59 Å². The van der Waals surface area contributed by atoms with Gasteiger partial charge in [0.15, 0.2) is 12.2 Å². The first-order valence-electron chi connectivity index (χ1n) is 4.23. The van der Waals surface area contributed by atoms with Crippen LogP contribution in [0.15, 0.2) is 0 Å². The Hall–Kier alpha value is -1.14. The molecule has 0 heterocycles. The maximum absolute atomic E-state index is 10.6. The smallest absolute Gasteiger partial charge is 0.336 e. The fourth-order valence-electron chi connectivity index (χ4n) is 0.935. The highest BCUT2D eigenvalue weighted by molar-refractivity contribution is 5.83. The van der Waals surface area contributed by atoms with Gasteiger partial charge in [-0.25, -0.2) is 9.59 Å². The van der Waals surface area contributed by atoms with E-state index in [0.29, 0.717) is 0 Å². The molecule has 6 heteroatoms. The topological polar surface area (TPSA) is 93.1 Å². The van der Waals surface area contributed by atoms with E-state index in [4.69, 9.17) is 19.7 Å². The van der Waals surface area contributed by atoms with Crippen LogP contribution in [-0.4, -0.2) is 47.6 Å². The Morgan fingerprint density at radius 1 is 1.00 bits per heavy atom. The van der Waals surface area contributed by atoms with E-state index in [0.717, 1.165) is 0 Å². The maximum atomic E-state index is 10.6. The van der Waals surface area contributed by atoms with Crippen molar-refractivity contribution in [2.75, 3.05) is 13.2 Å². The molecule has 0 aromatic heterocycles. The Morgan fingerprint density at radius 3 is 1.43 bits per heavy atom. The highest BCUT2D eigenvalue weighted by atomic mass is 16.6. The van der Waals surface area contributed by atoms with Gasteiger partial charge in [0.25, 0.3) is 0 Å². The SMILES string of the molecule is CCO[C@@H](C(=O)O)[C@@H](OCC)C(=O)O. The predicted octanol–water partition coefficient (Wildman–Crippen LogP) is -0.0342. The Bertz CT molecular complexity index is 180. The molecule has 0 radical (unpaired) electrons. The lowest BCUT2D eigenvalue weighted by Crippen LogP contribution is -2.43. The number of carbonyl (C=O) groups is 2. The number of ether oxygens (including phenoxy) is 2. The second-order valence-corrected chi connectivity index (χ2v) is 2.43. The minimum absolute atomic E-state index is 0.119. The summed E-state index contributed by atoms with van der Waals surface area (Å²) in [6.45, 7) is 3.41. The molecule has 0 aliphatic rings. The van der Waals surface area contributed by atoms with Crippen LogP contribution in [0.1, 0.15) is 13.8 Å². The van der Waals surface area contributed by atoms with Crippen LogP contribution in [-0.2, 0) is 19.1 Å². The van der Waals surface area contributed by atoms with Crippen molar-refractivity contribution in [3.63, 3.8) is 0 Å². The summed E-state index contributed by atoms with van der Waals surface area (Å²) < 4.78 is 9.55. The van der Waals surface area contributed by atoms with Crippen LogP contribution in [0, 0.1) is 0 Å². The standard InChI is InChI=1S/C8H14O6/c1-3-13-5(7(9)10)6(8(11)12)14-4-2/h5-6H,3-4H2,1-2H3,(H,9,10)(H,11,12)/t5-,6-/m1/s1. The Morgan fingerprint density at radius 2 is 1.29 bits per heavy atom. The van der Waals surface area contributed by atoms with Crippen molar-refractivity contribution in [3.05, 3.63) is 0 Å². The van der Waals surface area contributed by atoms with E-state index in [1.807, 2.05) is 0 Å². The van der Waals surface area contributed by atoms with Gasteiger partial charge in [-0.05, 0) is 13.8 Å². The second-order valence-electron chi connectivity index (χ2n) is 2.43. The van der Waals surface area contributed by atoms with Gasteiger partial charge in [-0.3, -0.25) is 0 Å². The molecule has 2 N–H and O–H groups in total. The molecule has 0 unspecified atom stereocenters. The molecular formula is C8H14O6. The number of carboxylic acid groups (broad SMARTS) is 2. The van der Waals surface area contributed by atoms with Gasteiger partial charge in [-0.2, -0.15) is 0 Å². The Balaban J connectivity index is 4.54. The van der Waals surface area contributed by atoms with Gasteiger partial charge in [0.1, 0.15) is 0 Å². The van der Waals surface area contributed by atoms with E-state index >= 15 is 0 Å². The van der Waals surface area contributed by atoms with Gasteiger partial charge in [0, 0.05) is 13.2 Å². The van der Waals surface area contributed by atoms with Crippen LogP contribution < -0.4 is 0 Å². The van der Waals surface area contributed by atoms with Crippen molar-refractivity contribution < 1.29 is 29.3 Å². The first-order chi connectivity index (χ1) is 6.54. The molecule has 0 aliphatic heterocycles. The van der Waals surface area contributed by atoms with Gasteiger partial charge in [0.2, 0.25) is 0 Å². The van der Waals surface area contributed by atoms with Gasteiger partial charge in [-0.15, -0.1) is 0 Å². The summed E-state index contributed by atoms with van der Waals surface area (Å²) >= 11 is 0. The van der Waals surface area contributed by atoms with E-state index in [1.165, 1.54) is 0 Å². The van der Waals surface area contributed by atoms with Crippen LogP contribution in [0.2, 0.25) is 0 Å². The number of hydrogen-bond donors (Lipinski definition) is 2. The quantitative estimate of drug-likeness (QED) is 0.607. The summed E-state index contributed by atoms with van der Waals surface area (Å²) in [4.78, 5) is 21.3. The molecule has 0 spiro atoms. The van der Waals surface area contributed by atoms with Gasteiger partial charge in [-0.1, -0.05) is 0 Å². The van der Waals surface area contributed by atoms with E-state index in [2.05, 4.69) is 0 Å². The molecule has 0 fully saturated rings. The van der Waals surface area contributed by atoms with Crippen LogP contribution in [0.3, 0.4) is 0 Å². The summed E-state index contributed by atoms with van der Waals surface area (Å²) in [5.41, 5.74) is 0. The number of hydrogen-bond acceptors (Lipinski definition) is 4. The van der Waals surface area contributed by atoms with E-state index in [-0.39, 0.29) is 13.2 Å². The minimum atomic E-state index is -1.46. The van der Waals surface area contributed by atoms with Gasteiger partial charge in [0.05, 0.1) is 0 Å². The molecule has 82 valence electrons. The van der Waals surface area contributed by atoms with Gasteiger partial charge >= 0.3 is 11.9 Å². The molecule has 0 rings (SSSR count). The zero-order chi connectivity index (χ0) is 11.1. The molecule has 2 atom stereocenters. The average molecular weight is 206 g/mol. The average Bonchev–Trinajstić information content (AvgIpc) is 2.10. The fourth-order valence-corrected chi connectivity index (χ4v) is 0.935. The first kappa shape index (κ1) is 12.9. The zero-order valence-electron chi connectivity index (χ0n) is 8.10. The largest absolute Gasteiger partial charge is 0.479 e. The third kappa shape index (κ3) is 3.71. The van der Waals surface area contributed by atoms with Gasteiger partial charge < -0.3 is 19.7 Å². The maximum Gasteiger partial charge on any atom is 0.336 e. The summed E-state index contributed by atoms with van der Waals surface area (Å²) in [6.07, 6.45) is -2.92. The third-order valence-electron chi connectivity index (χ3n) is 1.45. The summed E-state index contributed by atoms with van der Waals surface area (Å²) in [5.74, 6) is -2.68. The summed E-state index contributed by atoms with van der Waals surface area (Å²) in [5, 5.41) is 17.4. The van der Waals surface area contributed by atoms with Crippen molar-refractivity contribution in [1.82, 2.24) is 0 Å². The highest BCUT2D eigenvalue weighted by Crippen LogP contribution is 2.05. The molecule has 0 saturated heterocycles. The molecular weight excluding hydrogens is 192 g/mol. The monoisotopic (exact) mass is 206 g/mol. The molecule has 0 bridgehead atoms. The van der Waals surface area contributed by atoms with Crippen LogP contribution in [0.4, 0.5) is 0 Å². The molecule has 0 aliphatic carbocycles. The second kappa shape index (κ2) is 6.33.